The van der Waals surface area contributed by atoms with Crippen LogP contribution in [0, 0.1) is 19.7 Å². The second kappa shape index (κ2) is 6.67. The van der Waals surface area contributed by atoms with E-state index in [1.165, 1.54) is 6.07 Å². The van der Waals surface area contributed by atoms with Gasteiger partial charge in [0.2, 0.25) is 0 Å². The van der Waals surface area contributed by atoms with Crippen molar-refractivity contribution in [1.82, 2.24) is 0 Å². The number of methoxy groups -OCH3 is 1. The van der Waals surface area contributed by atoms with Crippen LogP contribution in [0.15, 0.2) is 30.3 Å². The largest absolute Gasteiger partial charge is 0.496 e. The Balaban J connectivity index is 2.31. The number of hydrogen-bond acceptors (Lipinski definition) is 1. The second-order valence-corrected chi connectivity index (χ2v) is 5.99. The first-order chi connectivity index (χ1) is 9.93. The van der Waals surface area contributed by atoms with Gasteiger partial charge < -0.3 is 4.74 Å². The predicted octanol–water partition coefficient (Wildman–Crippen LogP) is 5.63. The molecule has 1 nitrogen and oxygen atoms in total. The van der Waals surface area contributed by atoms with Gasteiger partial charge in [0.1, 0.15) is 11.6 Å². The normalized spacial score (nSPS) is 12.3. The molecule has 21 heavy (non-hydrogen) atoms. The van der Waals surface area contributed by atoms with E-state index in [1.54, 1.807) is 19.2 Å². The monoisotopic (exact) mass is 326 g/mol. The van der Waals surface area contributed by atoms with Crippen LogP contribution in [0.5, 0.6) is 5.75 Å². The Morgan fingerprint density at radius 1 is 1.19 bits per heavy atom. The van der Waals surface area contributed by atoms with Gasteiger partial charge in [0.05, 0.1) is 12.5 Å². The van der Waals surface area contributed by atoms with Gasteiger partial charge in [-0.3, -0.25) is 0 Å². The van der Waals surface area contributed by atoms with Crippen molar-refractivity contribution < 1.29 is 9.13 Å². The summed E-state index contributed by atoms with van der Waals surface area (Å²) in [6.45, 7) is 3.93. The van der Waals surface area contributed by atoms with E-state index in [1.807, 2.05) is 26.0 Å². The summed E-state index contributed by atoms with van der Waals surface area (Å²) in [5, 5.41) is 0.0605. The maximum absolute atomic E-state index is 13.8. The zero-order valence-corrected chi connectivity index (χ0v) is 13.7. The van der Waals surface area contributed by atoms with Crippen LogP contribution in [-0.4, -0.2) is 7.11 Å². The third-order valence-electron chi connectivity index (χ3n) is 3.49. The van der Waals surface area contributed by atoms with Gasteiger partial charge >= 0.3 is 0 Å². The molecular weight excluding hydrogens is 310 g/mol. The van der Waals surface area contributed by atoms with Gasteiger partial charge in [-0.1, -0.05) is 29.8 Å². The Morgan fingerprint density at radius 3 is 2.33 bits per heavy atom. The highest BCUT2D eigenvalue weighted by Crippen LogP contribution is 2.33. The summed E-state index contributed by atoms with van der Waals surface area (Å²) >= 11 is 12.5. The molecule has 0 aliphatic rings. The average molecular weight is 327 g/mol. The molecule has 0 N–H and O–H groups in total. The lowest BCUT2D eigenvalue weighted by Gasteiger charge is -2.16. The van der Waals surface area contributed by atoms with Gasteiger partial charge in [-0.05, 0) is 49.1 Å². The molecule has 0 saturated carbocycles. The minimum atomic E-state index is -0.345. The number of halogens is 3. The third kappa shape index (κ3) is 3.50. The van der Waals surface area contributed by atoms with Crippen molar-refractivity contribution in [3.8, 4) is 5.75 Å². The lowest BCUT2D eigenvalue weighted by atomic mass is 9.99. The molecule has 112 valence electrons. The molecule has 4 heteroatoms. The summed E-state index contributed by atoms with van der Waals surface area (Å²) in [5.74, 6) is 0.529. The van der Waals surface area contributed by atoms with Crippen LogP contribution in [-0.2, 0) is 6.42 Å². The maximum Gasteiger partial charge on any atom is 0.127 e. The first kappa shape index (κ1) is 16.1. The van der Waals surface area contributed by atoms with Crippen molar-refractivity contribution in [2.75, 3.05) is 7.11 Å². The summed E-state index contributed by atoms with van der Waals surface area (Å²) in [5.41, 5.74) is 3.41. The number of ether oxygens (including phenoxy) is 1. The Bertz CT molecular complexity index is 612. The molecule has 1 atom stereocenters. The third-order valence-corrected chi connectivity index (χ3v) is 4.25. The van der Waals surface area contributed by atoms with Gasteiger partial charge in [-0.2, -0.15) is 0 Å². The van der Waals surface area contributed by atoms with E-state index in [4.69, 9.17) is 27.9 Å². The molecule has 1 unspecified atom stereocenters. The van der Waals surface area contributed by atoms with Crippen LogP contribution in [0.4, 0.5) is 4.39 Å². The number of hydrogen-bond donors (Lipinski definition) is 0. The van der Waals surface area contributed by atoms with Crippen molar-refractivity contribution >= 4 is 23.2 Å². The summed E-state index contributed by atoms with van der Waals surface area (Å²) in [4.78, 5) is 0. The molecule has 2 aromatic rings. The van der Waals surface area contributed by atoms with Gasteiger partial charge in [-0.15, -0.1) is 11.6 Å². The zero-order chi connectivity index (χ0) is 15.6. The lowest BCUT2D eigenvalue weighted by Crippen LogP contribution is -2.01. The summed E-state index contributed by atoms with van der Waals surface area (Å²) in [7, 11) is 1.65. The molecule has 0 radical (unpaired) electrons. The highest BCUT2D eigenvalue weighted by molar-refractivity contribution is 6.31. The average Bonchev–Trinajstić information content (AvgIpc) is 2.42. The van der Waals surface area contributed by atoms with E-state index in [0.717, 1.165) is 22.4 Å². The summed E-state index contributed by atoms with van der Waals surface area (Å²) < 4.78 is 19.2. The molecular formula is C17H17Cl2FO. The van der Waals surface area contributed by atoms with Gasteiger partial charge in [-0.25, -0.2) is 4.39 Å². The molecule has 0 aromatic heterocycles. The Morgan fingerprint density at radius 2 is 1.81 bits per heavy atom. The van der Waals surface area contributed by atoms with Gasteiger partial charge in [0.15, 0.2) is 0 Å². The minimum absolute atomic E-state index is 0.324. The van der Waals surface area contributed by atoms with Crippen LogP contribution in [0.25, 0.3) is 0 Å². The van der Waals surface area contributed by atoms with E-state index in [9.17, 15) is 4.39 Å². The standard InChI is InChI=1S/C17H17Cl2FO/c1-10-7-12(8-11(2)17(10)21-3)15(19)9-13-14(18)5-4-6-16(13)20/h4-8,15H,9H2,1-3H3. The topological polar surface area (TPSA) is 9.23 Å². The molecule has 2 rings (SSSR count). The number of benzene rings is 2. The maximum atomic E-state index is 13.8. The second-order valence-electron chi connectivity index (χ2n) is 5.06. The van der Waals surface area contributed by atoms with Crippen molar-refractivity contribution in [3.63, 3.8) is 0 Å². The first-order valence-electron chi connectivity index (χ1n) is 6.66. The van der Waals surface area contributed by atoms with Crippen LogP contribution >= 0.6 is 23.2 Å². The Hall–Kier alpha value is -1.25. The van der Waals surface area contributed by atoms with E-state index in [2.05, 4.69) is 0 Å². The van der Waals surface area contributed by atoms with E-state index in [-0.39, 0.29) is 11.2 Å². The number of alkyl halides is 1. The molecule has 0 aliphatic carbocycles. The van der Waals surface area contributed by atoms with Crippen LogP contribution in [0.1, 0.15) is 27.6 Å². The lowest BCUT2D eigenvalue weighted by molar-refractivity contribution is 0.408. The van der Waals surface area contributed by atoms with Crippen LogP contribution < -0.4 is 4.74 Å². The predicted molar refractivity (Wildman–Crippen MR) is 86.2 cm³/mol. The molecule has 0 saturated heterocycles. The highest BCUT2D eigenvalue weighted by Gasteiger charge is 2.16. The molecule has 0 fully saturated rings. The Kier molecular flexibility index (Phi) is 5.13. The molecule has 0 amide bonds. The molecule has 0 spiro atoms. The van der Waals surface area contributed by atoms with E-state index < -0.39 is 0 Å². The van der Waals surface area contributed by atoms with E-state index in [0.29, 0.717) is 17.0 Å². The molecule has 0 heterocycles. The van der Waals surface area contributed by atoms with Crippen molar-refractivity contribution in [3.05, 3.63) is 63.4 Å². The highest BCUT2D eigenvalue weighted by atomic mass is 35.5. The smallest absolute Gasteiger partial charge is 0.127 e. The fourth-order valence-corrected chi connectivity index (χ4v) is 3.03. The van der Waals surface area contributed by atoms with Crippen molar-refractivity contribution in [2.24, 2.45) is 0 Å². The fraction of sp³-hybridized carbons (Fsp3) is 0.294. The first-order valence-corrected chi connectivity index (χ1v) is 7.47. The number of rotatable bonds is 4. The van der Waals surface area contributed by atoms with Gasteiger partial charge in [0, 0.05) is 10.6 Å². The quantitative estimate of drug-likeness (QED) is 0.662. The SMILES string of the molecule is COc1c(C)cc(C(Cl)Cc2c(F)cccc2Cl)cc1C. The van der Waals surface area contributed by atoms with Crippen molar-refractivity contribution in [2.45, 2.75) is 25.6 Å². The molecule has 2 aromatic carbocycles. The number of aryl methyl sites for hydroxylation is 2. The minimum Gasteiger partial charge on any atom is -0.496 e. The Labute approximate surface area is 134 Å². The molecule has 0 aliphatic heterocycles. The van der Waals surface area contributed by atoms with Crippen LogP contribution in [0.3, 0.4) is 0 Å². The zero-order valence-electron chi connectivity index (χ0n) is 12.2. The van der Waals surface area contributed by atoms with Crippen molar-refractivity contribution in [1.29, 1.82) is 0 Å². The summed E-state index contributed by atoms with van der Waals surface area (Å²) in [6, 6.07) is 8.60. The summed E-state index contributed by atoms with van der Waals surface area (Å²) in [6.07, 6.45) is 0.346. The van der Waals surface area contributed by atoms with E-state index >= 15 is 0 Å². The molecule has 0 bridgehead atoms. The van der Waals surface area contributed by atoms with Gasteiger partial charge in [0.25, 0.3) is 0 Å². The van der Waals surface area contributed by atoms with Crippen LogP contribution in [0.2, 0.25) is 5.02 Å². The fourth-order valence-electron chi connectivity index (χ4n) is 2.51.